The van der Waals surface area contributed by atoms with Crippen LogP contribution in [0, 0.1) is 12.7 Å². The minimum atomic E-state index is -3.75. The first-order chi connectivity index (χ1) is 10.3. The maximum Gasteiger partial charge on any atom is 0.242 e. The number of halogens is 2. The van der Waals surface area contributed by atoms with E-state index in [1.165, 1.54) is 13.0 Å². The van der Waals surface area contributed by atoms with Gasteiger partial charge in [-0.2, -0.15) is 5.10 Å². The number of hydrogen-bond acceptors (Lipinski definition) is 3. The molecule has 1 aromatic carbocycles. The van der Waals surface area contributed by atoms with Gasteiger partial charge < -0.3 is 0 Å². The smallest absolute Gasteiger partial charge is 0.242 e. The van der Waals surface area contributed by atoms with Gasteiger partial charge in [0.1, 0.15) is 10.7 Å². The molecule has 0 amide bonds. The minimum Gasteiger partial charge on any atom is -0.276 e. The summed E-state index contributed by atoms with van der Waals surface area (Å²) in [6.07, 6.45) is 4.97. The van der Waals surface area contributed by atoms with Crippen LogP contribution in [-0.4, -0.2) is 24.7 Å². The molecule has 0 saturated carbocycles. The number of aromatic nitrogens is 2. The van der Waals surface area contributed by atoms with Crippen molar-refractivity contribution in [2.45, 2.75) is 24.7 Å². The molecule has 1 N–H and O–H groups in total. The molecule has 0 spiro atoms. The lowest BCUT2D eigenvalue weighted by molar-refractivity contribution is 0.577. The summed E-state index contributed by atoms with van der Waals surface area (Å²) in [6.45, 7) is 1.76. The quantitative estimate of drug-likeness (QED) is 0.818. The van der Waals surface area contributed by atoms with Crippen molar-refractivity contribution in [3.63, 3.8) is 0 Å². The Kier molecular flexibility index (Phi) is 5.20. The van der Waals surface area contributed by atoms with Crippen LogP contribution in [0.15, 0.2) is 29.4 Å². The summed E-state index contributed by atoms with van der Waals surface area (Å²) in [6, 6.07) is 2.25. The Labute approximate surface area is 134 Å². The molecule has 0 atom stereocenters. The molecule has 0 aliphatic rings. The van der Waals surface area contributed by atoms with Crippen molar-refractivity contribution in [1.82, 2.24) is 14.5 Å². The van der Waals surface area contributed by atoms with Crippen LogP contribution in [0.5, 0.6) is 0 Å². The van der Waals surface area contributed by atoms with E-state index in [4.69, 9.17) is 11.6 Å². The van der Waals surface area contributed by atoms with Crippen LogP contribution in [0.2, 0.25) is 5.02 Å². The molecule has 0 unspecified atom stereocenters. The Bertz CT molecular complexity index is 774. The zero-order valence-electron chi connectivity index (χ0n) is 12.3. The van der Waals surface area contributed by atoms with Gasteiger partial charge in [0.25, 0.3) is 0 Å². The third kappa shape index (κ3) is 4.06. The van der Waals surface area contributed by atoms with Gasteiger partial charge in [0, 0.05) is 19.8 Å². The Morgan fingerprint density at radius 3 is 2.77 bits per heavy atom. The van der Waals surface area contributed by atoms with Crippen molar-refractivity contribution >= 4 is 21.6 Å². The largest absolute Gasteiger partial charge is 0.276 e. The van der Waals surface area contributed by atoms with Crippen LogP contribution in [0.4, 0.5) is 4.39 Å². The molecule has 2 rings (SSSR count). The number of rotatable bonds is 6. The predicted molar refractivity (Wildman–Crippen MR) is 82.9 cm³/mol. The van der Waals surface area contributed by atoms with Gasteiger partial charge in [-0.25, -0.2) is 17.5 Å². The van der Waals surface area contributed by atoms with Crippen LogP contribution >= 0.6 is 11.6 Å². The number of sulfonamides is 1. The van der Waals surface area contributed by atoms with Gasteiger partial charge in [-0.3, -0.25) is 4.68 Å². The summed E-state index contributed by atoms with van der Waals surface area (Å²) in [5, 5.41) is 3.92. The third-order valence-electron chi connectivity index (χ3n) is 3.20. The highest BCUT2D eigenvalue weighted by molar-refractivity contribution is 7.89. The van der Waals surface area contributed by atoms with Crippen molar-refractivity contribution in [3.8, 4) is 0 Å². The van der Waals surface area contributed by atoms with E-state index in [-0.39, 0.29) is 22.0 Å². The lowest BCUT2D eigenvalue weighted by Crippen LogP contribution is -2.25. The van der Waals surface area contributed by atoms with Gasteiger partial charge in [-0.05, 0) is 43.0 Å². The lowest BCUT2D eigenvalue weighted by Gasteiger charge is -2.09. The molecule has 0 fully saturated rings. The van der Waals surface area contributed by atoms with Gasteiger partial charge in [-0.1, -0.05) is 11.6 Å². The summed E-state index contributed by atoms with van der Waals surface area (Å²) in [5.41, 5.74) is 1.28. The molecule has 0 bridgehead atoms. The Balaban J connectivity index is 1.98. The van der Waals surface area contributed by atoms with Crippen molar-refractivity contribution < 1.29 is 12.8 Å². The first-order valence-electron chi connectivity index (χ1n) is 6.72. The van der Waals surface area contributed by atoms with E-state index in [2.05, 4.69) is 9.82 Å². The molecular formula is C14H17ClFN3O2S. The Morgan fingerprint density at radius 2 is 2.14 bits per heavy atom. The van der Waals surface area contributed by atoms with E-state index in [0.29, 0.717) is 12.8 Å². The summed E-state index contributed by atoms with van der Waals surface area (Å²) >= 11 is 5.83. The van der Waals surface area contributed by atoms with Gasteiger partial charge in [0.2, 0.25) is 10.0 Å². The normalized spacial score (nSPS) is 11.8. The van der Waals surface area contributed by atoms with E-state index >= 15 is 0 Å². The van der Waals surface area contributed by atoms with Gasteiger partial charge >= 0.3 is 0 Å². The highest BCUT2D eigenvalue weighted by Gasteiger charge is 2.19. The minimum absolute atomic E-state index is 0.102. The second kappa shape index (κ2) is 6.76. The highest BCUT2D eigenvalue weighted by Crippen LogP contribution is 2.24. The van der Waals surface area contributed by atoms with Crippen LogP contribution in [0.1, 0.15) is 17.5 Å². The van der Waals surface area contributed by atoms with Crippen molar-refractivity contribution in [1.29, 1.82) is 0 Å². The Hall–Kier alpha value is -1.44. The van der Waals surface area contributed by atoms with Crippen molar-refractivity contribution in [3.05, 3.63) is 46.5 Å². The summed E-state index contributed by atoms with van der Waals surface area (Å²) in [4.78, 5) is -0.102. The molecular weight excluding hydrogens is 329 g/mol. The Morgan fingerprint density at radius 1 is 1.41 bits per heavy atom. The van der Waals surface area contributed by atoms with Gasteiger partial charge in [-0.15, -0.1) is 0 Å². The van der Waals surface area contributed by atoms with Crippen molar-refractivity contribution in [2.75, 3.05) is 6.54 Å². The number of hydrogen-bond donors (Lipinski definition) is 1. The molecule has 0 saturated heterocycles. The third-order valence-corrected chi connectivity index (χ3v) is 5.12. The zero-order chi connectivity index (χ0) is 16.3. The molecule has 8 heteroatoms. The van der Waals surface area contributed by atoms with E-state index in [1.807, 2.05) is 13.2 Å². The SMILES string of the molecule is Cc1cc(S(=O)(=O)NCCCc2cnn(C)c2)c(Cl)cc1F. The summed E-state index contributed by atoms with van der Waals surface area (Å²) in [5.74, 6) is -0.527. The molecule has 1 heterocycles. The molecule has 22 heavy (non-hydrogen) atoms. The van der Waals surface area contributed by atoms with Crippen LogP contribution in [0.3, 0.4) is 0 Å². The fraction of sp³-hybridized carbons (Fsp3) is 0.357. The number of nitrogens with one attached hydrogen (secondary N) is 1. The van der Waals surface area contributed by atoms with Crippen LogP contribution in [-0.2, 0) is 23.5 Å². The first-order valence-corrected chi connectivity index (χ1v) is 8.58. The standard InChI is InChI=1S/C14H17ClFN3O2S/c1-10-6-14(12(15)7-13(10)16)22(20,21)18-5-3-4-11-8-17-19(2)9-11/h6-9,18H,3-5H2,1-2H3. The summed E-state index contributed by atoms with van der Waals surface area (Å²) in [7, 11) is -1.92. The lowest BCUT2D eigenvalue weighted by atomic mass is 10.2. The first kappa shape index (κ1) is 16.9. The molecule has 5 nitrogen and oxygen atoms in total. The number of aryl methyl sites for hydroxylation is 3. The van der Waals surface area contributed by atoms with E-state index in [0.717, 1.165) is 11.6 Å². The van der Waals surface area contributed by atoms with Gasteiger partial charge in [0.15, 0.2) is 0 Å². The second-order valence-electron chi connectivity index (χ2n) is 5.06. The highest BCUT2D eigenvalue weighted by atomic mass is 35.5. The average molecular weight is 346 g/mol. The van der Waals surface area contributed by atoms with E-state index in [1.54, 1.807) is 10.9 Å². The average Bonchev–Trinajstić information content (AvgIpc) is 2.84. The number of benzene rings is 1. The fourth-order valence-electron chi connectivity index (χ4n) is 2.01. The molecule has 120 valence electrons. The topological polar surface area (TPSA) is 64.0 Å². The predicted octanol–water partition coefficient (Wildman–Crippen LogP) is 2.43. The maximum atomic E-state index is 13.3. The van der Waals surface area contributed by atoms with Gasteiger partial charge in [0.05, 0.1) is 11.2 Å². The molecule has 1 aromatic heterocycles. The molecule has 0 radical (unpaired) electrons. The molecule has 2 aromatic rings. The van der Waals surface area contributed by atoms with Crippen LogP contribution in [0.25, 0.3) is 0 Å². The van der Waals surface area contributed by atoms with Crippen molar-refractivity contribution in [2.24, 2.45) is 7.05 Å². The van der Waals surface area contributed by atoms with E-state index in [9.17, 15) is 12.8 Å². The molecule has 0 aliphatic carbocycles. The maximum absolute atomic E-state index is 13.3. The number of nitrogens with zero attached hydrogens (tertiary/aromatic N) is 2. The molecule has 0 aliphatic heterocycles. The zero-order valence-corrected chi connectivity index (χ0v) is 13.9. The van der Waals surface area contributed by atoms with Crippen LogP contribution < -0.4 is 4.72 Å². The second-order valence-corrected chi connectivity index (χ2v) is 7.20. The fourth-order valence-corrected chi connectivity index (χ4v) is 3.69. The monoisotopic (exact) mass is 345 g/mol. The summed E-state index contributed by atoms with van der Waals surface area (Å²) < 4.78 is 41.9. The van der Waals surface area contributed by atoms with E-state index < -0.39 is 15.8 Å².